The first kappa shape index (κ1) is 19.2. The van der Waals surface area contributed by atoms with Crippen LogP contribution in [-0.4, -0.2) is 12.9 Å². The van der Waals surface area contributed by atoms with Crippen LogP contribution in [0.3, 0.4) is 0 Å². The summed E-state index contributed by atoms with van der Waals surface area (Å²) in [7, 11) is 1.64. The SMILES string of the molecule is COc1ccc(-c2cccc(C(=O)c3ccccc3)c2-c2ccc(C#N)cc2)cc1. The highest BCUT2D eigenvalue weighted by Crippen LogP contribution is 2.36. The number of carbonyl (C=O) groups is 1. The minimum atomic E-state index is -0.0367. The summed E-state index contributed by atoms with van der Waals surface area (Å²) in [5, 5.41) is 9.16. The number of hydrogen-bond donors (Lipinski definition) is 0. The molecule has 3 nitrogen and oxygen atoms in total. The number of hydrogen-bond acceptors (Lipinski definition) is 3. The van der Waals surface area contributed by atoms with E-state index in [1.807, 2.05) is 84.9 Å². The summed E-state index contributed by atoms with van der Waals surface area (Å²) in [6.45, 7) is 0. The summed E-state index contributed by atoms with van der Waals surface area (Å²) in [5.41, 5.74) is 5.51. The van der Waals surface area contributed by atoms with Gasteiger partial charge < -0.3 is 4.74 Å². The summed E-state index contributed by atoms with van der Waals surface area (Å²) < 4.78 is 5.28. The Morgan fingerprint density at radius 2 is 1.43 bits per heavy atom. The number of methoxy groups -OCH3 is 1. The average Bonchev–Trinajstić information content (AvgIpc) is 2.84. The second-order valence-corrected chi connectivity index (χ2v) is 6.84. The van der Waals surface area contributed by atoms with Crippen molar-refractivity contribution in [1.82, 2.24) is 0 Å². The van der Waals surface area contributed by atoms with Gasteiger partial charge in [-0.2, -0.15) is 5.26 Å². The third kappa shape index (κ3) is 3.72. The highest BCUT2D eigenvalue weighted by molar-refractivity contribution is 6.14. The molecule has 0 aliphatic rings. The molecule has 0 bridgehead atoms. The first-order chi connectivity index (χ1) is 14.7. The van der Waals surface area contributed by atoms with E-state index in [0.717, 1.165) is 28.0 Å². The van der Waals surface area contributed by atoms with E-state index in [0.29, 0.717) is 16.7 Å². The van der Waals surface area contributed by atoms with E-state index >= 15 is 0 Å². The van der Waals surface area contributed by atoms with Gasteiger partial charge >= 0.3 is 0 Å². The molecule has 0 radical (unpaired) electrons. The molecule has 0 N–H and O–H groups in total. The van der Waals surface area contributed by atoms with Gasteiger partial charge in [-0.3, -0.25) is 4.79 Å². The van der Waals surface area contributed by atoms with Gasteiger partial charge in [0.25, 0.3) is 0 Å². The zero-order valence-corrected chi connectivity index (χ0v) is 16.5. The molecule has 4 aromatic carbocycles. The lowest BCUT2D eigenvalue weighted by molar-refractivity contribution is 0.103. The molecular formula is C27H19NO2. The molecule has 0 aromatic heterocycles. The van der Waals surface area contributed by atoms with E-state index in [1.165, 1.54) is 0 Å². The van der Waals surface area contributed by atoms with Crippen molar-refractivity contribution in [3.63, 3.8) is 0 Å². The molecule has 4 aromatic rings. The van der Waals surface area contributed by atoms with Crippen LogP contribution >= 0.6 is 0 Å². The highest BCUT2D eigenvalue weighted by Gasteiger charge is 2.19. The van der Waals surface area contributed by atoms with E-state index in [9.17, 15) is 4.79 Å². The maximum Gasteiger partial charge on any atom is 0.193 e. The molecule has 30 heavy (non-hydrogen) atoms. The minimum absolute atomic E-state index is 0.0367. The lowest BCUT2D eigenvalue weighted by Crippen LogP contribution is -2.04. The van der Waals surface area contributed by atoms with Gasteiger partial charge in [0.1, 0.15) is 5.75 Å². The number of ketones is 1. The molecule has 3 heteroatoms. The van der Waals surface area contributed by atoms with E-state index in [-0.39, 0.29) is 5.78 Å². The molecule has 0 atom stereocenters. The predicted molar refractivity (Wildman–Crippen MR) is 118 cm³/mol. The first-order valence-electron chi connectivity index (χ1n) is 9.59. The molecule has 0 unspecified atom stereocenters. The van der Waals surface area contributed by atoms with Crippen LogP contribution in [0.2, 0.25) is 0 Å². The van der Waals surface area contributed by atoms with Crippen molar-refractivity contribution in [1.29, 1.82) is 5.26 Å². The Morgan fingerprint density at radius 1 is 0.767 bits per heavy atom. The minimum Gasteiger partial charge on any atom is -0.497 e. The van der Waals surface area contributed by atoms with Crippen LogP contribution in [0.25, 0.3) is 22.3 Å². The van der Waals surface area contributed by atoms with E-state index in [2.05, 4.69) is 6.07 Å². The van der Waals surface area contributed by atoms with Crippen LogP contribution in [0, 0.1) is 11.3 Å². The van der Waals surface area contributed by atoms with Crippen molar-refractivity contribution in [2.24, 2.45) is 0 Å². The highest BCUT2D eigenvalue weighted by atomic mass is 16.5. The fourth-order valence-electron chi connectivity index (χ4n) is 3.52. The van der Waals surface area contributed by atoms with E-state index in [4.69, 9.17) is 10.00 Å². The maximum atomic E-state index is 13.4. The quantitative estimate of drug-likeness (QED) is 0.386. The standard InChI is InChI=1S/C27H19NO2/c1-30-23-16-14-20(15-17-23)24-8-5-9-25(27(29)22-6-3-2-4-7-22)26(24)21-12-10-19(18-28)11-13-21/h2-17H,1H3. The van der Waals surface area contributed by atoms with Gasteiger partial charge in [-0.15, -0.1) is 0 Å². The number of nitriles is 1. The topological polar surface area (TPSA) is 50.1 Å². The zero-order valence-electron chi connectivity index (χ0n) is 16.5. The molecule has 0 saturated carbocycles. The molecule has 0 aliphatic carbocycles. The van der Waals surface area contributed by atoms with Crippen LogP contribution in [0.1, 0.15) is 21.5 Å². The molecule has 0 fully saturated rings. The molecule has 0 aliphatic heterocycles. The first-order valence-corrected chi connectivity index (χ1v) is 9.59. The van der Waals surface area contributed by atoms with Crippen molar-refractivity contribution in [3.05, 3.63) is 114 Å². The fourth-order valence-corrected chi connectivity index (χ4v) is 3.52. The van der Waals surface area contributed by atoms with Crippen LogP contribution in [0.5, 0.6) is 5.75 Å². The Labute approximate surface area is 175 Å². The molecule has 4 rings (SSSR count). The Hall–Kier alpha value is -4.16. The van der Waals surface area contributed by atoms with Crippen molar-refractivity contribution in [2.75, 3.05) is 7.11 Å². The van der Waals surface area contributed by atoms with Gasteiger partial charge in [-0.25, -0.2) is 0 Å². The number of carbonyl (C=O) groups excluding carboxylic acids is 1. The molecular weight excluding hydrogens is 370 g/mol. The van der Waals surface area contributed by atoms with E-state index < -0.39 is 0 Å². The van der Waals surface area contributed by atoms with Gasteiger partial charge in [0.15, 0.2) is 5.78 Å². The monoisotopic (exact) mass is 389 g/mol. The van der Waals surface area contributed by atoms with Crippen LogP contribution in [0.15, 0.2) is 97.1 Å². The summed E-state index contributed by atoms with van der Waals surface area (Å²) >= 11 is 0. The van der Waals surface area contributed by atoms with Crippen molar-refractivity contribution in [3.8, 4) is 34.1 Å². The molecule has 0 heterocycles. The van der Waals surface area contributed by atoms with Gasteiger partial charge in [0.05, 0.1) is 18.7 Å². The summed E-state index contributed by atoms with van der Waals surface area (Å²) in [5.74, 6) is 0.737. The smallest absolute Gasteiger partial charge is 0.193 e. The Bertz CT molecular complexity index is 1220. The summed E-state index contributed by atoms with van der Waals surface area (Å²) in [6, 6.07) is 32.3. The van der Waals surface area contributed by atoms with Crippen LogP contribution in [-0.2, 0) is 0 Å². The van der Waals surface area contributed by atoms with Crippen LogP contribution in [0.4, 0.5) is 0 Å². The Balaban J connectivity index is 1.93. The normalized spacial score (nSPS) is 10.3. The summed E-state index contributed by atoms with van der Waals surface area (Å²) in [4.78, 5) is 13.4. The number of ether oxygens (including phenoxy) is 1. The third-order valence-electron chi connectivity index (χ3n) is 5.05. The van der Waals surface area contributed by atoms with Gasteiger partial charge in [0, 0.05) is 16.7 Å². The van der Waals surface area contributed by atoms with Gasteiger partial charge in [0.2, 0.25) is 0 Å². The Morgan fingerprint density at radius 3 is 2.07 bits per heavy atom. The van der Waals surface area contributed by atoms with Crippen molar-refractivity contribution < 1.29 is 9.53 Å². The average molecular weight is 389 g/mol. The lowest BCUT2D eigenvalue weighted by Gasteiger charge is -2.16. The van der Waals surface area contributed by atoms with Crippen molar-refractivity contribution >= 4 is 5.78 Å². The number of rotatable bonds is 5. The largest absolute Gasteiger partial charge is 0.497 e. The summed E-state index contributed by atoms with van der Waals surface area (Å²) in [6.07, 6.45) is 0. The Kier molecular flexibility index (Phi) is 5.41. The van der Waals surface area contributed by atoms with Gasteiger partial charge in [-0.1, -0.05) is 72.8 Å². The molecule has 0 amide bonds. The van der Waals surface area contributed by atoms with Gasteiger partial charge in [-0.05, 0) is 41.0 Å². The third-order valence-corrected chi connectivity index (χ3v) is 5.05. The molecule has 0 spiro atoms. The molecule has 144 valence electrons. The second-order valence-electron chi connectivity index (χ2n) is 6.84. The molecule has 0 saturated heterocycles. The number of benzene rings is 4. The fraction of sp³-hybridized carbons (Fsp3) is 0.0370. The van der Waals surface area contributed by atoms with Crippen LogP contribution < -0.4 is 4.74 Å². The lowest BCUT2D eigenvalue weighted by atomic mass is 9.87. The predicted octanol–water partition coefficient (Wildman–Crippen LogP) is 6.13. The zero-order chi connectivity index (χ0) is 20.9. The second kappa shape index (κ2) is 8.46. The van der Waals surface area contributed by atoms with E-state index in [1.54, 1.807) is 19.2 Å². The van der Waals surface area contributed by atoms with Crippen molar-refractivity contribution in [2.45, 2.75) is 0 Å². The maximum absolute atomic E-state index is 13.4. The number of nitrogens with zero attached hydrogens (tertiary/aromatic N) is 1.